The fourth-order valence-corrected chi connectivity index (χ4v) is 2.12. The molecule has 0 aromatic heterocycles. The summed E-state index contributed by atoms with van der Waals surface area (Å²) in [6.07, 6.45) is 1.84. The molecule has 3 heteroatoms. The second-order valence-corrected chi connectivity index (χ2v) is 4.23. The van der Waals surface area contributed by atoms with Crippen LogP contribution in [0.25, 0.3) is 0 Å². The lowest BCUT2D eigenvalue weighted by Crippen LogP contribution is -2.36. The van der Waals surface area contributed by atoms with E-state index in [1.807, 2.05) is 0 Å². The lowest BCUT2D eigenvalue weighted by Gasteiger charge is -2.32. The Hall–Kier alpha value is -1.51. The molecule has 1 aromatic carbocycles. The van der Waals surface area contributed by atoms with Gasteiger partial charge in [-0.1, -0.05) is 12.1 Å². The molecule has 0 spiro atoms. The molecule has 1 fully saturated rings. The Balaban J connectivity index is 1.96. The van der Waals surface area contributed by atoms with E-state index in [9.17, 15) is 4.79 Å². The molecule has 85 valence electrons. The summed E-state index contributed by atoms with van der Waals surface area (Å²) in [6.45, 7) is 5.51. The molecular formula is C13H16NO2. The van der Waals surface area contributed by atoms with Gasteiger partial charge in [0.2, 0.25) is 0 Å². The van der Waals surface area contributed by atoms with Crippen molar-refractivity contribution in [3.63, 3.8) is 0 Å². The number of carbonyl (C=O) groups excluding carboxylic acids is 1. The van der Waals surface area contributed by atoms with Crippen LogP contribution in [-0.2, 0) is 9.53 Å². The summed E-state index contributed by atoms with van der Waals surface area (Å²) in [5.74, 6) is 0. The zero-order chi connectivity index (χ0) is 11.4. The van der Waals surface area contributed by atoms with Crippen LogP contribution >= 0.6 is 0 Å². The van der Waals surface area contributed by atoms with E-state index in [0.29, 0.717) is 0 Å². The van der Waals surface area contributed by atoms with E-state index in [1.54, 1.807) is 0 Å². The number of hydrogen-bond donors (Lipinski definition) is 0. The van der Waals surface area contributed by atoms with Crippen LogP contribution in [0.1, 0.15) is 18.4 Å². The minimum atomic E-state index is 0.0542. The molecule has 1 heterocycles. The highest BCUT2D eigenvalue weighted by Crippen LogP contribution is 2.21. The summed E-state index contributed by atoms with van der Waals surface area (Å²) in [6, 6.07) is 8.49. The third kappa shape index (κ3) is 2.54. The zero-order valence-corrected chi connectivity index (χ0v) is 9.48. The highest BCUT2D eigenvalue weighted by molar-refractivity contribution is 5.48. The molecule has 1 saturated heterocycles. The number of rotatable bonds is 3. The monoisotopic (exact) mass is 218 g/mol. The highest BCUT2D eigenvalue weighted by Gasteiger charge is 2.20. The van der Waals surface area contributed by atoms with E-state index < -0.39 is 0 Å². The molecule has 1 aliphatic rings. The number of aryl methyl sites for hydroxylation is 1. The largest absolute Gasteiger partial charge is 0.454 e. The topological polar surface area (TPSA) is 29.5 Å². The van der Waals surface area contributed by atoms with Crippen molar-refractivity contribution in [3.05, 3.63) is 29.8 Å². The maximum absolute atomic E-state index is 10.1. The van der Waals surface area contributed by atoms with Gasteiger partial charge in [-0.25, -0.2) is 4.79 Å². The van der Waals surface area contributed by atoms with Gasteiger partial charge in [-0.3, -0.25) is 0 Å². The van der Waals surface area contributed by atoms with Crippen molar-refractivity contribution < 1.29 is 9.53 Å². The van der Waals surface area contributed by atoms with E-state index in [-0.39, 0.29) is 6.10 Å². The number of benzene rings is 1. The number of ether oxygens (including phenoxy) is 1. The van der Waals surface area contributed by atoms with Crippen LogP contribution in [0.3, 0.4) is 0 Å². The maximum Gasteiger partial charge on any atom is 0.417 e. The van der Waals surface area contributed by atoms with Crippen LogP contribution < -0.4 is 4.90 Å². The van der Waals surface area contributed by atoms with Gasteiger partial charge in [-0.05, 0) is 24.6 Å². The predicted octanol–water partition coefficient (Wildman–Crippen LogP) is 2.05. The Labute approximate surface area is 96.0 Å². The number of anilines is 1. The van der Waals surface area contributed by atoms with E-state index >= 15 is 0 Å². The minimum absolute atomic E-state index is 0.0542. The molecule has 1 radical (unpaired) electrons. The molecule has 0 atom stereocenters. The van der Waals surface area contributed by atoms with E-state index in [0.717, 1.165) is 25.9 Å². The summed E-state index contributed by atoms with van der Waals surface area (Å²) in [7, 11) is 0. The predicted molar refractivity (Wildman–Crippen MR) is 63.2 cm³/mol. The van der Waals surface area contributed by atoms with Crippen LogP contribution in [-0.4, -0.2) is 25.7 Å². The molecule has 3 nitrogen and oxygen atoms in total. The quantitative estimate of drug-likeness (QED) is 0.777. The van der Waals surface area contributed by atoms with Gasteiger partial charge in [0.25, 0.3) is 0 Å². The first-order chi connectivity index (χ1) is 7.79. The molecule has 0 unspecified atom stereocenters. The van der Waals surface area contributed by atoms with Crippen LogP contribution in [0.15, 0.2) is 24.3 Å². The second-order valence-electron chi connectivity index (χ2n) is 4.23. The van der Waals surface area contributed by atoms with E-state index in [4.69, 9.17) is 4.74 Å². The highest BCUT2D eigenvalue weighted by atomic mass is 16.5. The van der Waals surface area contributed by atoms with Crippen LogP contribution in [0, 0.1) is 6.92 Å². The Bertz CT molecular complexity index is 357. The van der Waals surface area contributed by atoms with Gasteiger partial charge in [0.15, 0.2) is 0 Å². The third-order valence-corrected chi connectivity index (χ3v) is 3.02. The van der Waals surface area contributed by atoms with Gasteiger partial charge < -0.3 is 9.64 Å². The summed E-state index contributed by atoms with van der Waals surface area (Å²) < 4.78 is 4.86. The lowest BCUT2D eigenvalue weighted by molar-refractivity contribution is 0.149. The molecule has 0 amide bonds. The van der Waals surface area contributed by atoms with Gasteiger partial charge in [-0.15, -0.1) is 0 Å². The average molecular weight is 218 g/mol. The van der Waals surface area contributed by atoms with E-state index in [2.05, 4.69) is 36.1 Å². The van der Waals surface area contributed by atoms with Crippen molar-refractivity contribution in [2.75, 3.05) is 18.0 Å². The molecule has 0 N–H and O–H groups in total. The zero-order valence-electron chi connectivity index (χ0n) is 9.48. The van der Waals surface area contributed by atoms with Gasteiger partial charge in [0, 0.05) is 31.6 Å². The molecule has 1 aliphatic heterocycles. The summed E-state index contributed by atoms with van der Waals surface area (Å²) in [5.41, 5.74) is 2.53. The molecule has 16 heavy (non-hydrogen) atoms. The first-order valence-corrected chi connectivity index (χ1v) is 5.64. The van der Waals surface area contributed by atoms with Crippen molar-refractivity contribution in [3.8, 4) is 0 Å². The SMILES string of the molecule is Cc1cccc(N2CCC(O[C]=O)CC2)c1. The van der Waals surface area contributed by atoms with Gasteiger partial charge in [-0.2, -0.15) is 0 Å². The standard InChI is InChI=1S/C13H16NO2/c1-11-3-2-4-12(9-11)14-7-5-13(6-8-14)16-10-15/h2-4,9,13H,5-8H2,1H3. The van der Waals surface area contributed by atoms with Gasteiger partial charge in [0.05, 0.1) is 0 Å². The second kappa shape index (κ2) is 5.01. The number of nitrogens with zero attached hydrogens (tertiary/aromatic N) is 1. The maximum atomic E-state index is 10.1. The molecule has 0 bridgehead atoms. The summed E-state index contributed by atoms with van der Waals surface area (Å²) in [5, 5.41) is 0. The summed E-state index contributed by atoms with van der Waals surface area (Å²) >= 11 is 0. The van der Waals surface area contributed by atoms with Crippen molar-refractivity contribution in [2.24, 2.45) is 0 Å². The van der Waals surface area contributed by atoms with Crippen LogP contribution in [0.5, 0.6) is 0 Å². The van der Waals surface area contributed by atoms with Gasteiger partial charge >= 0.3 is 6.47 Å². The van der Waals surface area contributed by atoms with Crippen molar-refractivity contribution in [1.29, 1.82) is 0 Å². The number of piperidine rings is 1. The molecular weight excluding hydrogens is 202 g/mol. The smallest absolute Gasteiger partial charge is 0.417 e. The Kier molecular flexibility index (Phi) is 3.44. The Morgan fingerprint density at radius 2 is 2.12 bits per heavy atom. The molecule has 2 rings (SSSR count). The van der Waals surface area contributed by atoms with Crippen molar-refractivity contribution >= 4 is 12.2 Å². The van der Waals surface area contributed by atoms with Gasteiger partial charge in [0.1, 0.15) is 6.10 Å². The van der Waals surface area contributed by atoms with Crippen LogP contribution in [0.2, 0.25) is 0 Å². The third-order valence-electron chi connectivity index (χ3n) is 3.02. The molecule has 0 saturated carbocycles. The van der Waals surface area contributed by atoms with Crippen molar-refractivity contribution in [1.82, 2.24) is 0 Å². The van der Waals surface area contributed by atoms with Crippen molar-refractivity contribution in [2.45, 2.75) is 25.9 Å². The average Bonchev–Trinajstić information content (AvgIpc) is 2.30. The Morgan fingerprint density at radius 1 is 1.38 bits per heavy atom. The first-order valence-electron chi connectivity index (χ1n) is 5.64. The first kappa shape index (κ1) is 11.0. The molecule has 1 aromatic rings. The van der Waals surface area contributed by atoms with E-state index in [1.165, 1.54) is 17.7 Å². The fourth-order valence-electron chi connectivity index (χ4n) is 2.12. The number of hydrogen-bond acceptors (Lipinski definition) is 3. The fraction of sp³-hybridized carbons (Fsp3) is 0.462. The normalized spacial score (nSPS) is 17.2. The van der Waals surface area contributed by atoms with Crippen LogP contribution in [0.4, 0.5) is 5.69 Å². The lowest BCUT2D eigenvalue weighted by atomic mass is 10.1. The summed E-state index contributed by atoms with van der Waals surface area (Å²) in [4.78, 5) is 12.4. The molecule has 0 aliphatic carbocycles. The minimum Gasteiger partial charge on any atom is -0.454 e. The Morgan fingerprint density at radius 3 is 2.75 bits per heavy atom.